The van der Waals surface area contributed by atoms with Crippen molar-refractivity contribution in [1.82, 2.24) is 4.31 Å². The third-order valence-corrected chi connectivity index (χ3v) is 3.47. The predicted octanol–water partition coefficient (Wildman–Crippen LogP) is 1.16. The standard InChI is InChI=1S/C7H13F2NO3S/c1-10(14(11,12)13)5-6-3-2-4-7(6,8)9/h6H,2-5H2,1H3,(H,11,12,13). The minimum Gasteiger partial charge on any atom is -0.273 e. The molecule has 0 aromatic heterocycles. The highest BCUT2D eigenvalue weighted by Crippen LogP contribution is 2.40. The van der Waals surface area contributed by atoms with Gasteiger partial charge in [0.1, 0.15) is 0 Å². The molecule has 0 saturated heterocycles. The molecular formula is C7H13F2NO3S. The van der Waals surface area contributed by atoms with Crippen molar-refractivity contribution in [3.8, 4) is 0 Å². The molecule has 1 rings (SSSR count). The molecule has 84 valence electrons. The molecule has 0 aromatic carbocycles. The summed E-state index contributed by atoms with van der Waals surface area (Å²) >= 11 is 0. The average Bonchev–Trinajstić information content (AvgIpc) is 2.29. The Labute approximate surface area is 81.8 Å². The van der Waals surface area contributed by atoms with Crippen LogP contribution in [0, 0.1) is 5.92 Å². The molecule has 1 unspecified atom stereocenters. The maximum Gasteiger partial charge on any atom is 0.335 e. The van der Waals surface area contributed by atoms with E-state index in [-0.39, 0.29) is 13.0 Å². The Morgan fingerprint density at radius 1 is 1.57 bits per heavy atom. The summed E-state index contributed by atoms with van der Waals surface area (Å²) in [6, 6.07) is 0. The first kappa shape index (κ1) is 11.8. The Morgan fingerprint density at radius 3 is 2.50 bits per heavy atom. The fourth-order valence-corrected chi connectivity index (χ4v) is 2.00. The normalized spacial score (nSPS) is 27.1. The van der Waals surface area contributed by atoms with Crippen LogP contribution < -0.4 is 0 Å². The summed E-state index contributed by atoms with van der Waals surface area (Å²) in [6.07, 6.45) is 0.501. The molecule has 1 aliphatic carbocycles. The van der Waals surface area contributed by atoms with Crippen molar-refractivity contribution in [2.45, 2.75) is 25.2 Å². The minimum atomic E-state index is -4.34. The summed E-state index contributed by atoms with van der Waals surface area (Å²) in [6.45, 7) is -0.328. The summed E-state index contributed by atoms with van der Waals surface area (Å²) in [4.78, 5) is 0. The molecule has 4 nitrogen and oxygen atoms in total. The van der Waals surface area contributed by atoms with Gasteiger partial charge in [-0.2, -0.15) is 12.7 Å². The first-order valence-electron chi connectivity index (χ1n) is 4.30. The maximum atomic E-state index is 13.1. The predicted molar refractivity (Wildman–Crippen MR) is 46.5 cm³/mol. The maximum absolute atomic E-state index is 13.1. The van der Waals surface area contributed by atoms with Gasteiger partial charge in [-0.1, -0.05) is 0 Å². The second-order valence-corrected chi connectivity index (χ2v) is 5.13. The zero-order chi connectivity index (χ0) is 11.0. The van der Waals surface area contributed by atoms with Crippen LogP contribution in [0.2, 0.25) is 0 Å². The highest BCUT2D eigenvalue weighted by atomic mass is 32.2. The minimum absolute atomic E-state index is 0.197. The first-order valence-corrected chi connectivity index (χ1v) is 5.70. The van der Waals surface area contributed by atoms with Crippen LogP contribution in [-0.2, 0) is 10.3 Å². The molecule has 0 heterocycles. The number of alkyl halides is 2. The largest absolute Gasteiger partial charge is 0.335 e. The summed E-state index contributed by atoms with van der Waals surface area (Å²) in [5, 5.41) is 0. The van der Waals surface area contributed by atoms with Gasteiger partial charge in [0.25, 0.3) is 5.92 Å². The van der Waals surface area contributed by atoms with Gasteiger partial charge in [-0.25, -0.2) is 8.78 Å². The van der Waals surface area contributed by atoms with E-state index in [1.54, 1.807) is 0 Å². The van der Waals surface area contributed by atoms with Gasteiger partial charge in [0.05, 0.1) is 0 Å². The number of hydrogen-bond acceptors (Lipinski definition) is 2. The van der Waals surface area contributed by atoms with E-state index in [1.165, 1.54) is 0 Å². The van der Waals surface area contributed by atoms with Crippen LogP contribution in [-0.4, -0.2) is 36.8 Å². The van der Waals surface area contributed by atoms with Crippen molar-refractivity contribution < 1.29 is 21.8 Å². The highest BCUT2D eigenvalue weighted by Gasteiger charge is 2.44. The van der Waals surface area contributed by atoms with Crippen LogP contribution >= 0.6 is 0 Å². The van der Waals surface area contributed by atoms with Gasteiger partial charge in [-0.05, 0) is 12.8 Å². The van der Waals surface area contributed by atoms with E-state index >= 15 is 0 Å². The molecule has 7 heteroatoms. The van der Waals surface area contributed by atoms with Crippen molar-refractivity contribution in [1.29, 1.82) is 0 Å². The number of hydrogen-bond donors (Lipinski definition) is 1. The zero-order valence-electron chi connectivity index (χ0n) is 7.78. The zero-order valence-corrected chi connectivity index (χ0v) is 8.60. The summed E-state index contributed by atoms with van der Waals surface area (Å²) < 4.78 is 56.4. The van der Waals surface area contributed by atoms with Crippen molar-refractivity contribution in [2.24, 2.45) is 5.92 Å². The van der Waals surface area contributed by atoms with E-state index in [0.29, 0.717) is 17.1 Å². The van der Waals surface area contributed by atoms with Crippen molar-refractivity contribution in [2.75, 3.05) is 13.6 Å². The molecule has 0 spiro atoms. The van der Waals surface area contributed by atoms with E-state index in [1.807, 2.05) is 0 Å². The van der Waals surface area contributed by atoms with Crippen LogP contribution in [0.3, 0.4) is 0 Å². The van der Waals surface area contributed by atoms with Gasteiger partial charge in [-0.15, -0.1) is 0 Å². The fraction of sp³-hybridized carbons (Fsp3) is 1.00. The molecule has 0 bridgehead atoms. The van der Waals surface area contributed by atoms with E-state index in [4.69, 9.17) is 4.55 Å². The van der Waals surface area contributed by atoms with Crippen molar-refractivity contribution >= 4 is 10.3 Å². The number of nitrogens with zero attached hydrogens (tertiary/aromatic N) is 1. The molecule has 1 saturated carbocycles. The molecule has 0 aromatic rings. The molecule has 0 aliphatic heterocycles. The lowest BCUT2D eigenvalue weighted by Gasteiger charge is -2.22. The quantitative estimate of drug-likeness (QED) is 0.739. The molecular weight excluding hydrogens is 216 g/mol. The molecule has 0 radical (unpaired) electrons. The Morgan fingerprint density at radius 2 is 2.14 bits per heavy atom. The number of halogens is 2. The third-order valence-electron chi connectivity index (χ3n) is 2.53. The van der Waals surface area contributed by atoms with Gasteiger partial charge in [0.2, 0.25) is 0 Å². The SMILES string of the molecule is CN(CC1CCCC1(F)F)S(=O)(=O)O. The van der Waals surface area contributed by atoms with Gasteiger partial charge < -0.3 is 0 Å². The lowest BCUT2D eigenvalue weighted by Crippen LogP contribution is -2.36. The van der Waals surface area contributed by atoms with E-state index in [9.17, 15) is 17.2 Å². The lowest BCUT2D eigenvalue weighted by atomic mass is 10.1. The summed E-state index contributed by atoms with van der Waals surface area (Å²) in [5.74, 6) is -3.78. The molecule has 1 aliphatic rings. The van der Waals surface area contributed by atoms with Crippen LogP contribution in [0.5, 0.6) is 0 Å². The van der Waals surface area contributed by atoms with Gasteiger partial charge in [0.15, 0.2) is 0 Å². The molecule has 0 amide bonds. The van der Waals surface area contributed by atoms with Crippen LogP contribution in [0.15, 0.2) is 0 Å². The second kappa shape index (κ2) is 3.71. The Hall–Kier alpha value is -0.270. The van der Waals surface area contributed by atoms with Crippen molar-refractivity contribution in [3.63, 3.8) is 0 Å². The second-order valence-electron chi connectivity index (χ2n) is 3.61. The molecule has 1 atom stereocenters. The Balaban J connectivity index is 2.61. The van der Waals surface area contributed by atoms with E-state index in [0.717, 1.165) is 7.05 Å². The van der Waals surface area contributed by atoms with E-state index < -0.39 is 22.1 Å². The average molecular weight is 229 g/mol. The van der Waals surface area contributed by atoms with Crippen LogP contribution in [0.4, 0.5) is 8.78 Å². The fourth-order valence-electron chi connectivity index (χ4n) is 1.63. The first-order chi connectivity index (χ1) is 6.23. The summed E-state index contributed by atoms with van der Waals surface area (Å²) in [7, 11) is -3.25. The van der Waals surface area contributed by atoms with Gasteiger partial charge in [-0.3, -0.25) is 4.55 Å². The topological polar surface area (TPSA) is 57.6 Å². The van der Waals surface area contributed by atoms with Crippen LogP contribution in [0.1, 0.15) is 19.3 Å². The lowest BCUT2D eigenvalue weighted by molar-refractivity contribution is -0.0405. The van der Waals surface area contributed by atoms with Crippen molar-refractivity contribution in [3.05, 3.63) is 0 Å². The smallest absolute Gasteiger partial charge is 0.273 e. The highest BCUT2D eigenvalue weighted by molar-refractivity contribution is 7.83. The monoisotopic (exact) mass is 229 g/mol. The van der Waals surface area contributed by atoms with Gasteiger partial charge >= 0.3 is 10.3 Å². The summed E-state index contributed by atoms with van der Waals surface area (Å²) in [5.41, 5.74) is 0. The number of rotatable bonds is 3. The molecule has 1 fully saturated rings. The Kier molecular flexibility index (Phi) is 3.13. The van der Waals surface area contributed by atoms with E-state index in [2.05, 4.69) is 0 Å². The van der Waals surface area contributed by atoms with Gasteiger partial charge in [0, 0.05) is 25.9 Å². The van der Waals surface area contributed by atoms with Crippen LogP contribution in [0.25, 0.3) is 0 Å². The third kappa shape index (κ3) is 2.61. The molecule has 1 N–H and O–H groups in total. The Bertz CT molecular complexity index is 304. The molecule has 14 heavy (non-hydrogen) atoms.